The lowest BCUT2D eigenvalue weighted by Crippen LogP contribution is -2.23. The van der Waals surface area contributed by atoms with Crippen molar-refractivity contribution in [3.05, 3.63) is 47.0 Å². The number of halogens is 1. The fraction of sp³-hybridized carbons (Fsp3) is 0.176. The Kier molecular flexibility index (Phi) is 5.57. The van der Waals surface area contributed by atoms with Gasteiger partial charge in [0.05, 0.1) is 18.3 Å². The molecule has 0 aliphatic carbocycles. The third-order valence-corrected chi connectivity index (χ3v) is 3.82. The third kappa shape index (κ3) is 4.52. The molecule has 0 aromatic heterocycles. The first kappa shape index (κ1) is 17.3. The second-order valence-electron chi connectivity index (χ2n) is 5.08. The molecule has 1 aliphatic heterocycles. The zero-order chi connectivity index (χ0) is 17.6. The second kappa shape index (κ2) is 8.04. The molecule has 3 rings (SSSR count). The summed E-state index contributed by atoms with van der Waals surface area (Å²) < 4.78 is 16.1. The first-order valence-corrected chi connectivity index (χ1v) is 8.27. The number of anilines is 1. The van der Waals surface area contributed by atoms with Crippen LogP contribution in [0.4, 0.5) is 5.69 Å². The quantitative estimate of drug-likeness (QED) is 0.483. The van der Waals surface area contributed by atoms with Gasteiger partial charge in [0.2, 0.25) is 0 Å². The summed E-state index contributed by atoms with van der Waals surface area (Å²) in [4.78, 5) is 0. The van der Waals surface area contributed by atoms with Gasteiger partial charge in [0.25, 0.3) is 0 Å². The summed E-state index contributed by atoms with van der Waals surface area (Å²) in [6, 6.07) is 11.0. The van der Waals surface area contributed by atoms with Crippen LogP contribution in [-0.4, -0.2) is 31.7 Å². The van der Waals surface area contributed by atoms with Gasteiger partial charge in [-0.3, -0.25) is 5.43 Å². The first-order chi connectivity index (χ1) is 12.2. The lowest BCUT2D eigenvalue weighted by atomic mass is 10.2. The number of hydrazone groups is 1. The van der Waals surface area contributed by atoms with E-state index in [1.807, 2.05) is 30.3 Å². The molecule has 2 aromatic carbocycles. The fourth-order valence-electron chi connectivity index (χ4n) is 2.20. The Morgan fingerprint density at radius 1 is 1.24 bits per heavy atom. The normalized spacial score (nSPS) is 12.7. The number of methoxy groups -OCH3 is 1. The summed E-state index contributed by atoms with van der Waals surface area (Å²) in [6.45, 7) is 0.991. The number of rotatable bonds is 4. The average Bonchev–Trinajstić information content (AvgIpc) is 2.62. The van der Waals surface area contributed by atoms with Crippen LogP contribution in [0.5, 0.6) is 17.2 Å². The minimum Gasteiger partial charge on any atom is -0.497 e. The molecule has 130 valence electrons. The SMILES string of the molecule is COc1ccc(NC(=S)N/N=C\c2cc(Cl)c3c(c2)OCCO3)cc1. The summed E-state index contributed by atoms with van der Waals surface area (Å²) in [7, 11) is 1.62. The molecular formula is C17H16ClN3O3S. The largest absolute Gasteiger partial charge is 0.497 e. The zero-order valence-electron chi connectivity index (χ0n) is 13.4. The van der Waals surface area contributed by atoms with E-state index in [1.165, 1.54) is 0 Å². The fourth-order valence-corrected chi connectivity index (χ4v) is 2.65. The molecule has 2 aromatic rings. The standard InChI is InChI=1S/C17H16ClN3O3S/c1-22-13-4-2-12(3-5-13)20-17(25)21-19-10-11-8-14(18)16-15(9-11)23-6-7-24-16/h2-5,8-10H,6-7H2,1H3,(H2,20,21,25)/b19-10-. The molecule has 0 radical (unpaired) electrons. The van der Waals surface area contributed by atoms with Gasteiger partial charge in [-0.25, -0.2) is 0 Å². The molecule has 8 heteroatoms. The third-order valence-electron chi connectivity index (χ3n) is 3.35. The van der Waals surface area contributed by atoms with Crippen LogP contribution in [-0.2, 0) is 0 Å². The maximum Gasteiger partial charge on any atom is 0.191 e. The zero-order valence-corrected chi connectivity index (χ0v) is 15.0. The van der Waals surface area contributed by atoms with Gasteiger partial charge in [-0.2, -0.15) is 5.10 Å². The number of hydrogen-bond acceptors (Lipinski definition) is 5. The smallest absolute Gasteiger partial charge is 0.191 e. The Morgan fingerprint density at radius 2 is 2.00 bits per heavy atom. The predicted molar refractivity (Wildman–Crippen MR) is 102 cm³/mol. The van der Waals surface area contributed by atoms with Gasteiger partial charge in [0.15, 0.2) is 16.6 Å². The van der Waals surface area contributed by atoms with Gasteiger partial charge in [0, 0.05) is 5.69 Å². The van der Waals surface area contributed by atoms with Crippen LogP contribution < -0.4 is 25.0 Å². The van der Waals surface area contributed by atoms with Crippen LogP contribution in [0.1, 0.15) is 5.56 Å². The Bertz CT molecular complexity index is 796. The number of ether oxygens (including phenoxy) is 3. The monoisotopic (exact) mass is 377 g/mol. The van der Waals surface area contributed by atoms with Crippen LogP contribution >= 0.6 is 23.8 Å². The summed E-state index contributed by atoms with van der Waals surface area (Å²) in [5.41, 5.74) is 4.35. The van der Waals surface area contributed by atoms with Gasteiger partial charge in [0.1, 0.15) is 19.0 Å². The van der Waals surface area contributed by atoms with Crippen LogP contribution in [0.2, 0.25) is 5.02 Å². The molecule has 2 N–H and O–H groups in total. The van der Waals surface area contributed by atoms with E-state index < -0.39 is 0 Å². The molecule has 0 bridgehead atoms. The number of nitrogens with zero attached hydrogens (tertiary/aromatic N) is 1. The number of fused-ring (bicyclic) bond motifs is 1. The van der Waals surface area contributed by atoms with Crippen molar-refractivity contribution in [3.63, 3.8) is 0 Å². The minimum absolute atomic E-state index is 0.366. The van der Waals surface area contributed by atoms with Crippen molar-refractivity contribution in [1.82, 2.24) is 5.43 Å². The van der Waals surface area contributed by atoms with E-state index in [0.29, 0.717) is 34.8 Å². The molecular weight excluding hydrogens is 362 g/mol. The number of benzene rings is 2. The van der Waals surface area contributed by atoms with Crippen molar-refractivity contribution in [2.75, 3.05) is 25.6 Å². The maximum atomic E-state index is 6.19. The number of hydrogen-bond donors (Lipinski definition) is 2. The lowest BCUT2D eigenvalue weighted by Gasteiger charge is -2.19. The molecule has 0 fully saturated rings. The summed E-state index contributed by atoms with van der Waals surface area (Å²) >= 11 is 11.4. The molecule has 0 saturated carbocycles. The molecule has 25 heavy (non-hydrogen) atoms. The molecule has 1 heterocycles. The topological polar surface area (TPSA) is 64.1 Å². The number of thiocarbonyl (C=S) groups is 1. The molecule has 0 amide bonds. The summed E-state index contributed by atoms with van der Waals surface area (Å²) in [6.07, 6.45) is 1.60. The van der Waals surface area contributed by atoms with Crippen molar-refractivity contribution in [2.45, 2.75) is 0 Å². The van der Waals surface area contributed by atoms with Crippen LogP contribution in [0.25, 0.3) is 0 Å². The Morgan fingerprint density at radius 3 is 2.76 bits per heavy atom. The van der Waals surface area contributed by atoms with Crippen LogP contribution in [0.3, 0.4) is 0 Å². The van der Waals surface area contributed by atoms with Gasteiger partial charge in [-0.05, 0) is 54.2 Å². The second-order valence-corrected chi connectivity index (χ2v) is 5.89. The summed E-state index contributed by atoms with van der Waals surface area (Å²) in [5, 5.41) is 7.97. The summed E-state index contributed by atoms with van der Waals surface area (Å²) in [5.74, 6) is 1.95. The van der Waals surface area contributed by atoms with Gasteiger partial charge in [-0.15, -0.1) is 0 Å². The highest BCUT2D eigenvalue weighted by Crippen LogP contribution is 2.37. The van der Waals surface area contributed by atoms with E-state index >= 15 is 0 Å². The van der Waals surface area contributed by atoms with Crippen molar-refractivity contribution in [1.29, 1.82) is 0 Å². The van der Waals surface area contributed by atoms with Crippen molar-refractivity contribution in [2.24, 2.45) is 5.10 Å². The van der Waals surface area contributed by atoms with Gasteiger partial charge in [-0.1, -0.05) is 11.6 Å². The molecule has 0 unspecified atom stereocenters. The van der Waals surface area contributed by atoms with E-state index in [2.05, 4.69) is 15.8 Å². The molecule has 6 nitrogen and oxygen atoms in total. The van der Waals surface area contributed by atoms with Gasteiger partial charge < -0.3 is 19.5 Å². The maximum absolute atomic E-state index is 6.19. The minimum atomic E-state index is 0.366. The van der Waals surface area contributed by atoms with E-state index in [9.17, 15) is 0 Å². The lowest BCUT2D eigenvalue weighted by molar-refractivity contribution is 0.171. The molecule has 0 atom stereocenters. The highest BCUT2D eigenvalue weighted by molar-refractivity contribution is 7.80. The van der Waals surface area contributed by atoms with E-state index in [-0.39, 0.29) is 0 Å². The molecule has 1 aliphatic rings. The van der Waals surface area contributed by atoms with E-state index in [1.54, 1.807) is 19.4 Å². The van der Waals surface area contributed by atoms with E-state index in [0.717, 1.165) is 17.0 Å². The Labute approximate surface area is 155 Å². The van der Waals surface area contributed by atoms with Crippen molar-refractivity contribution < 1.29 is 14.2 Å². The highest BCUT2D eigenvalue weighted by Gasteiger charge is 2.16. The Balaban J connectivity index is 1.58. The molecule has 0 saturated heterocycles. The molecule has 0 spiro atoms. The van der Waals surface area contributed by atoms with Crippen LogP contribution in [0, 0.1) is 0 Å². The number of nitrogens with one attached hydrogen (secondary N) is 2. The average molecular weight is 378 g/mol. The van der Waals surface area contributed by atoms with Crippen LogP contribution in [0.15, 0.2) is 41.5 Å². The Hall–Kier alpha value is -2.51. The van der Waals surface area contributed by atoms with E-state index in [4.69, 9.17) is 38.0 Å². The highest BCUT2D eigenvalue weighted by atomic mass is 35.5. The van der Waals surface area contributed by atoms with Crippen molar-refractivity contribution >= 4 is 40.8 Å². The van der Waals surface area contributed by atoms with Crippen molar-refractivity contribution in [3.8, 4) is 17.2 Å². The predicted octanol–water partition coefficient (Wildman–Crippen LogP) is 3.44. The first-order valence-electron chi connectivity index (χ1n) is 7.49. The van der Waals surface area contributed by atoms with Gasteiger partial charge >= 0.3 is 0 Å².